The van der Waals surface area contributed by atoms with E-state index < -0.39 is 0 Å². The van der Waals surface area contributed by atoms with Crippen molar-refractivity contribution in [3.8, 4) is 5.69 Å². The second kappa shape index (κ2) is 8.50. The first kappa shape index (κ1) is 20.3. The fraction of sp³-hybridized carbons (Fsp3) is 0.259. The molecule has 4 aromatic rings. The Balaban J connectivity index is 1.78. The highest BCUT2D eigenvalue weighted by Gasteiger charge is 2.21. The molecule has 5 nitrogen and oxygen atoms in total. The van der Waals surface area contributed by atoms with Crippen LogP contribution in [0.3, 0.4) is 0 Å². The molecule has 0 unspecified atom stereocenters. The molecule has 0 spiro atoms. The van der Waals surface area contributed by atoms with Gasteiger partial charge in [0.1, 0.15) is 5.82 Å². The van der Waals surface area contributed by atoms with E-state index in [9.17, 15) is 4.79 Å². The van der Waals surface area contributed by atoms with Gasteiger partial charge in [-0.2, -0.15) is 0 Å². The third-order valence-corrected chi connectivity index (χ3v) is 6.29. The Bertz CT molecular complexity index is 1290. The normalized spacial score (nSPS) is 14.1. The van der Waals surface area contributed by atoms with Crippen molar-refractivity contribution in [2.24, 2.45) is 0 Å². The van der Waals surface area contributed by atoms with Gasteiger partial charge in [0.2, 0.25) is 0 Å². The predicted octanol–water partition coefficient (Wildman–Crippen LogP) is 5.82. The lowest BCUT2D eigenvalue weighted by Crippen LogP contribution is -2.22. The molecule has 2 heterocycles. The maximum atomic E-state index is 13.5. The third-order valence-electron chi connectivity index (χ3n) is 6.29. The zero-order valence-electron chi connectivity index (χ0n) is 18.6. The number of pyridine rings is 2. The number of anilines is 3. The van der Waals surface area contributed by atoms with Crippen molar-refractivity contribution in [3.05, 3.63) is 88.7 Å². The highest BCUT2D eigenvalue weighted by molar-refractivity contribution is 5.92. The van der Waals surface area contributed by atoms with Crippen molar-refractivity contribution in [3.63, 3.8) is 0 Å². The van der Waals surface area contributed by atoms with Gasteiger partial charge in [-0.1, -0.05) is 49.2 Å². The molecule has 5 rings (SSSR count). The lowest BCUT2D eigenvalue weighted by atomic mass is 10.1. The maximum absolute atomic E-state index is 13.5. The number of aromatic nitrogens is 2. The Hall–Kier alpha value is -3.60. The number of hydrogen-bond acceptors (Lipinski definition) is 4. The summed E-state index contributed by atoms with van der Waals surface area (Å²) in [6, 6.07) is 24.4. The van der Waals surface area contributed by atoms with Crippen LogP contribution in [-0.4, -0.2) is 22.6 Å². The minimum Gasteiger partial charge on any atom is -0.382 e. The van der Waals surface area contributed by atoms with Gasteiger partial charge in [0.25, 0.3) is 0 Å². The van der Waals surface area contributed by atoms with Crippen LogP contribution in [0, 0.1) is 6.92 Å². The van der Waals surface area contributed by atoms with Gasteiger partial charge < -0.3 is 10.2 Å². The molecule has 0 bridgehead atoms. The molecule has 1 aliphatic carbocycles. The molecule has 0 aliphatic heterocycles. The molecule has 0 atom stereocenters. The van der Waals surface area contributed by atoms with Gasteiger partial charge in [-0.25, -0.2) is 4.98 Å². The van der Waals surface area contributed by atoms with Crippen LogP contribution in [0.15, 0.2) is 77.6 Å². The van der Waals surface area contributed by atoms with E-state index in [2.05, 4.69) is 22.0 Å². The number of aryl methyl sites for hydroxylation is 1. The number of nitrogens with zero attached hydrogens (tertiary/aromatic N) is 3. The molecule has 1 N–H and O–H groups in total. The average molecular weight is 425 g/mol. The standard InChI is InChI=1S/C27H28N4O/c1-19-17-23(29-20-11-9-10-12-20)26-24(32)18-25(30(2)21-13-5-3-6-14-21)31(27(26)28-19)22-15-7-4-8-16-22/h3-8,13-18,20H,9-12H2,1-2H3,(H,28,29). The van der Waals surface area contributed by atoms with E-state index in [1.54, 1.807) is 6.07 Å². The Labute approximate surface area is 188 Å². The Morgan fingerprint density at radius 1 is 0.969 bits per heavy atom. The molecule has 32 heavy (non-hydrogen) atoms. The van der Waals surface area contributed by atoms with Gasteiger partial charge in [0.15, 0.2) is 11.1 Å². The van der Waals surface area contributed by atoms with E-state index in [1.165, 1.54) is 12.8 Å². The summed E-state index contributed by atoms with van der Waals surface area (Å²) >= 11 is 0. The SMILES string of the molecule is Cc1cc(NC2CCCC2)c2c(=O)cc(N(C)c3ccccc3)n(-c3ccccc3)c2n1. The molecule has 2 aromatic heterocycles. The monoisotopic (exact) mass is 424 g/mol. The van der Waals surface area contributed by atoms with Crippen molar-refractivity contribution < 1.29 is 0 Å². The molecule has 1 aliphatic rings. The van der Waals surface area contributed by atoms with Gasteiger partial charge in [0, 0.05) is 36.2 Å². The van der Waals surface area contributed by atoms with E-state index >= 15 is 0 Å². The Morgan fingerprint density at radius 3 is 2.31 bits per heavy atom. The Morgan fingerprint density at radius 2 is 1.62 bits per heavy atom. The van der Waals surface area contributed by atoms with Gasteiger partial charge in [-0.05, 0) is 50.1 Å². The fourth-order valence-corrected chi connectivity index (χ4v) is 4.69. The summed E-state index contributed by atoms with van der Waals surface area (Å²) in [5, 5.41) is 4.31. The first-order valence-electron chi connectivity index (χ1n) is 11.3. The van der Waals surface area contributed by atoms with E-state index in [4.69, 9.17) is 4.98 Å². The van der Waals surface area contributed by atoms with Crippen molar-refractivity contribution in [1.29, 1.82) is 0 Å². The minimum atomic E-state index is -0.0158. The molecule has 0 saturated heterocycles. The molecule has 2 aromatic carbocycles. The fourth-order valence-electron chi connectivity index (χ4n) is 4.69. The van der Waals surface area contributed by atoms with Crippen molar-refractivity contribution >= 4 is 28.2 Å². The number of nitrogens with one attached hydrogen (secondary N) is 1. The molecule has 1 fully saturated rings. The third kappa shape index (κ3) is 3.75. The summed E-state index contributed by atoms with van der Waals surface area (Å²) in [7, 11) is 1.99. The summed E-state index contributed by atoms with van der Waals surface area (Å²) in [6.45, 7) is 1.99. The Kier molecular flexibility index (Phi) is 5.39. The summed E-state index contributed by atoms with van der Waals surface area (Å²) < 4.78 is 2.09. The maximum Gasteiger partial charge on any atom is 0.195 e. The van der Waals surface area contributed by atoms with Crippen molar-refractivity contribution in [2.75, 3.05) is 17.3 Å². The first-order valence-corrected chi connectivity index (χ1v) is 11.3. The largest absolute Gasteiger partial charge is 0.382 e. The van der Waals surface area contributed by atoms with E-state index in [0.717, 1.165) is 41.4 Å². The second-order valence-electron chi connectivity index (χ2n) is 8.57. The molecular formula is C27H28N4O. The van der Waals surface area contributed by atoms with Crippen LogP contribution in [0.4, 0.5) is 17.2 Å². The molecule has 5 heteroatoms. The number of benzene rings is 2. The number of rotatable bonds is 5. The van der Waals surface area contributed by atoms with E-state index in [0.29, 0.717) is 17.1 Å². The number of fused-ring (bicyclic) bond motifs is 1. The number of hydrogen-bond donors (Lipinski definition) is 1. The van der Waals surface area contributed by atoms with Gasteiger partial charge in [-0.15, -0.1) is 0 Å². The van der Waals surface area contributed by atoms with Crippen LogP contribution in [0.25, 0.3) is 16.7 Å². The van der Waals surface area contributed by atoms with Crippen LogP contribution in [-0.2, 0) is 0 Å². The van der Waals surface area contributed by atoms with E-state index in [-0.39, 0.29) is 5.43 Å². The quantitative estimate of drug-likeness (QED) is 0.439. The molecular weight excluding hydrogens is 396 g/mol. The molecule has 0 amide bonds. The zero-order chi connectivity index (χ0) is 22.1. The topological polar surface area (TPSA) is 50.2 Å². The zero-order valence-corrected chi connectivity index (χ0v) is 18.6. The molecule has 0 radical (unpaired) electrons. The van der Waals surface area contributed by atoms with Gasteiger partial charge in [0.05, 0.1) is 11.1 Å². The smallest absolute Gasteiger partial charge is 0.195 e. The van der Waals surface area contributed by atoms with Crippen molar-refractivity contribution in [2.45, 2.75) is 38.6 Å². The van der Waals surface area contributed by atoms with E-state index in [1.807, 2.05) is 73.5 Å². The highest BCUT2D eigenvalue weighted by Crippen LogP contribution is 2.32. The molecule has 162 valence electrons. The van der Waals surface area contributed by atoms with Crippen molar-refractivity contribution in [1.82, 2.24) is 9.55 Å². The van der Waals surface area contributed by atoms with Crippen LogP contribution in [0.5, 0.6) is 0 Å². The second-order valence-corrected chi connectivity index (χ2v) is 8.57. The summed E-state index contributed by atoms with van der Waals surface area (Å²) in [5.41, 5.74) is 4.43. The molecule has 1 saturated carbocycles. The highest BCUT2D eigenvalue weighted by atomic mass is 16.1. The van der Waals surface area contributed by atoms with Gasteiger partial charge in [-0.3, -0.25) is 9.36 Å². The van der Waals surface area contributed by atoms with Crippen LogP contribution in [0.1, 0.15) is 31.4 Å². The lowest BCUT2D eigenvalue weighted by Gasteiger charge is -2.26. The number of para-hydroxylation sites is 2. The summed E-state index contributed by atoms with van der Waals surface area (Å²) in [4.78, 5) is 20.4. The first-order chi connectivity index (χ1) is 15.6. The summed E-state index contributed by atoms with van der Waals surface area (Å²) in [5.74, 6) is 0.782. The lowest BCUT2D eigenvalue weighted by molar-refractivity contribution is 0.756. The van der Waals surface area contributed by atoms with Crippen LogP contribution >= 0.6 is 0 Å². The predicted molar refractivity (Wildman–Crippen MR) is 132 cm³/mol. The van der Waals surface area contributed by atoms with Crippen LogP contribution < -0.4 is 15.6 Å². The average Bonchev–Trinajstić information content (AvgIpc) is 3.32. The van der Waals surface area contributed by atoms with Crippen LogP contribution in [0.2, 0.25) is 0 Å². The minimum absolute atomic E-state index is 0.0158. The van der Waals surface area contributed by atoms with Gasteiger partial charge >= 0.3 is 0 Å². The summed E-state index contributed by atoms with van der Waals surface area (Å²) in [6.07, 6.45) is 4.76.